The first-order chi connectivity index (χ1) is 13.9. The van der Waals surface area contributed by atoms with Gasteiger partial charge >= 0.3 is 12.0 Å². The molecule has 1 saturated carbocycles. The van der Waals surface area contributed by atoms with Gasteiger partial charge in [0.25, 0.3) is 11.6 Å². The third-order valence-electron chi connectivity index (χ3n) is 5.36. The number of nitrogens with zero attached hydrogens (tertiary/aromatic N) is 2. The highest BCUT2D eigenvalue weighted by Crippen LogP contribution is 2.35. The quantitative estimate of drug-likeness (QED) is 0.336. The van der Waals surface area contributed by atoms with E-state index in [1.807, 2.05) is 0 Å². The Bertz CT molecular complexity index is 893. The molecule has 2 heterocycles. The molecule has 0 atom stereocenters. The summed E-state index contributed by atoms with van der Waals surface area (Å²) >= 11 is 0. The van der Waals surface area contributed by atoms with Gasteiger partial charge in [0.15, 0.2) is 6.79 Å². The number of benzene rings is 1. The van der Waals surface area contributed by atoms with Crippen LogP contribution in [0.2, 0.25) is 0 Å². The van der Waals surface area contributed by atoms with Crippen LogP contribution < -0.4 is 10.1 Å². The van der Waals surface area contributed by atoms with Gasteiger partial charge in [-0.2, -0.15) is 0 Å². The molecule has 1 saturated heterocycles. The van der Waals surface area contributed by atoms with Crippen LogP contribution in [-0.4, -0.2) is 46.6 Å². The summed E-state index contributed by atoms with van der Waals surface area (Å²) in [6.07, 6.45) is 2.79. The van der Waals surface area contributed by atoms with Crippen molar-refractivity contribution in [3.05, 3.63) is 33.4 Å². The summed E-state index contributed by atoms with van der Waals surface area (Å²) in [7, 11) is 0. The Morgan fingerprint density at radius 3 is 2.79 bits per heavy atom. The maximum absolute atomic E-state index is 12.6. The van der Waals surface area contributed by atoms with Crippen molar-refractivity contribution in [3.8, 4) is 5.75 Å². The zero-order valence-electron chi connectivity index (χ0n) is 15.5. The molecule has 11 nitrogen and oxygen atoms in total. The number of esters is 1. The molecule has 1 spiro atoms. The lowest BCUT2D eigenvalue weighted by Gasteiger charge is -2.21. The fourth-order valence-electron chi connectivity index (χ4n) is 3.96. The van der Waals surface area contributed by atoms with E-state index in [-0.39, 0.29) is 25.7 Å². The lowest BCUT2D eigenvalue weighted by molar-refractivity contribution is -0.385. The molecule has 11 heteroatoms. The van der Waals surface area contributed by atoms with Gasteiger partial charge in [-0.15, -0.1) is 0 Å². The molecule has 2 fully saturated rings. The molecule has 1 aromatic rings. The van der Waals surface area contributed by atoms with Gasteiger partial charge in [0.2, 0.25) is 0 Å². The minimum Gasteiger partial charge on any atom is -0.467 e. The van der Waals surface area contributed by atoms with E-state index in [0.29, 0.717) is 29.7 Å². The lowest BCUT2D eigenvalue weighted by atomic mass is 9.98. The van der Waals surface area contributed by atoms with Gasteiger partial charge in [-0.25, -0.2) is 4.79 Å². The van der Waals surface area contributed by atoms with Gasteiger partial charge in [-0.1, -0.05) is 12.8 Å². The molecule has 3 aliphatic rings. The van der Waals surface area contributed by atoms with Gasteiger partial charge in [-0.3, -0.25) is 24.6 Å². The molecule has 3 amide bonds. The first-order valence-corrected chi connectivity index (χ1v) is 9.20. The second kappa shape index (κ2) is 7.32. The molecule has 29 heavy (non-hydrogen) atoms. The van der Waals surface area contributed by atoms with Crippen LogP contribution in [0.25, 0.3) is 0 Å². The number of hydrogen-bond donors (Lipinski definition) is 1. The third-order valence-corrected chi connectivity index (χ3v) is 5.36. The van der Waals surface area contributed by atoms with Crippen LogP contribution in [0.3, 0.4) is 0 Å². The SMILES string of the molecule is O=C(CN1C(=O)NC2(CCCC2)C1=O)OCc1cc([N+](=O)[O-])cc2c1OCOC2. The zero-order valence-corrected chi connectivity index (χ0v) is 15.5. The van der Waals surface area contributed by atoms with E-state index in [0.717, 1.165) is 17.7 Å². The molecule has 154 valence electrons. The van der Waals surface area contributed by atoms with Gasteiger partial charge in [0.05, 0.1) is 11.5 Å². The molecular formula is C18H19N3O8. The van der Waals surface area contributed by atoms with Crippen LogP contribution >= 0.6 is 0 Å². The predicted molar refractivity (Wildman–Crippen MR) is 94.6 cm³/mol. The van der Waals surface area contributed by atoms with Crippen molar-refractivity contribution in [1.29, 1.82) is 0 Å². The Morgan fingerprint density at radius 2 is 2.07 bits per heavy atom. The van der Waals surface area contributed by atoms with Crippen molar-refractivity contribution in [2.45, 2.75) is 44.4 Å². The Labute approximate surface area is 165 Å². The number of imide groups is 1. The number of urea groups is 1. The standard InChI is InChI=1S/C18H19N3O8/c22-14(7-20-16(23)18(19-17(20)24)3-1-2-4-18)28-9-12-6-13(21(25)26)5-11-8-27-10-29-15(11)12/h5-6H,1-4,7-10H2,(H,19,24). The van der Waals surface area contributed by atoms with Crippen molar-refractivity contribution in [2.75, 3.05) is 13.3 Å². The Hall–Kier alpha value is -3.21. The monoisotopic (exact) mass is 405 g/mol. The number of amides is 3. The van der Waals surface area contributed by atoms with Crippen LogP contribution in [0.1, 0.15) is 36.8 Å². The molecule has 1 N–H and O–H groups in total. The van der Waals surface area contributed by atoms with Crippen molar-refractivity contribution in [2.24, 2.45) is 0 Å². The van der Waals surface area contributed by atoms with Crippen LogP contribution in [-0.2, 0) is 32.3 Å². The van der Waals surface area contributed by atoms with E-state index in [1.54, 1.807) is 0 Å². The number of carbonyl (C=O) groups is 3. The van der Waals surface area contributed by atoms with E-state index >= 15 is 0 Å². The molecule has 4 rings (SSSR count). The minimum atomic E-state index is -0.898. The normalized spacial score (nSPS) is 19.7. The van der Waals surface area contributed by atoms with E-state index in [9.17, 15) is 24.5 Å². The van der Waals surface area contributed by atoms with Crippen molar-refractivity contribution >= 4 is 23.6 Å². The summed E-state index contributed by atoms with van der Waals surface area (Å²) in [6.45, 7) is -0.691. The number of hydrogen-bond acceptors (Lipinski definition) is 8. The van der Waals surface area contributed by atoms with Crippen LogP contribution in [0.5, 0.6) is 5.75 Å². The molecule has 0 unspecified atom stereocenters. The molecule has 1 aromatic carbocycles. The smallest absolute Gasteiger partial charge is 0.326 e. The van der Waals surface area contributed by atoms with Gasteiger partial charge < -0.3 is 19.5 Å². The summed E-state index contributed by atoms with van der Waals surface area (Å²) in [5, 5.41) is 13.8. The van der Waals surface area contributed by atoms with Gasteiger partial charge in [-0.05, 0) is 12.8 Å². The number of nitro groups is 1. The number of nitro benzene ring substituents is 1. The highest BCUT2D eigenvalue weighted by molar-refractivity contribution is 6.08. The van der Waals surface area contributed by atoms with Crippen molar-refractivity contribution < 1.29 is 33.5 Å². The number of nitrogens with one attached hydrogen (secondary N) is 1. The van der Waals surface area contributed by atoms with E-state index in [4.69, 9.17) is 14.2 Å². The fraction of sp³-hybridized carbons (Fsp3) is 0.500. The highest BCUT2D eigenvalue weighted by atomic mass is 16.7. The predicted octanol–water partition coefficient (Wildman–Crippen LogP) is 1.37. The fourth-order valence-corrected chi connectivity index (χ4v) is 3.96. The summed E-state index contributed by atoms with van der Waals surface area (Å²) < 4.78 is 15.7. The molecule has 0 bridgehead atoms. The van der Waals surface area contributed by atoms with Crippen LogP contribution in [0.4, 0.5) is 10.5 Å². The molecule has 2 aliphatic heterocycles. The Balaban J connectivity index is 1.44. The van der Waals surface area contributed by atoms with Crippen molar-refractivity contribution in [1.82, 2.24) is 10.2 Å². The first-order valence-electron chi connectivity index (χ1n) is 9.20. The second-order valence-electron chi connectivity index (χ2n) is 7.23. The third kappa shape index (κ3) is 3.48. The average Bonchev–Trinajstić information content (AvgIpc) is 3.26. The maximum Gasteiger partial charge on any atom is 0.326 e. The van der Waals surface area contributed by atoms with E-state index in [2.05, 4.69) is 5.32 Å². The lowest BCUT2D eigenvalue weighted by Crippen LogP contribution is -2.44. The summed E-state index contributed by atoms with van der Waals surface area (Å²) in [5.74, 6) is -0.837. The van der Waals surface area contributed by atoms with Crippen LogP contribution in [0, 0.1) is 10.1 Å². The molecule has 0 aromatic heterocycles. The number of rotatable bonds is 5. The maximum atomic E-state index is 12.6. The molecule has 1 aliphatic carbocycles. The largest absolute Gasteiger partial charge is 0.467 e. The minimum absolute atomic E-state index is 0.0176. The second-order valence-corrected chi connectivity index (χ2v) is 7.23. The van der Waals surface area contributed by atoms with E-state index < -0.39 is 34.9 Å². The zero-order chi connectivity index (χ0) is 20.6. The topological polar surface area (TPSA) is 137 Å². The van der Waals surface area contributed by atoms with Crippen molar-refractivity contribution in [3.63, 3.8) is 0 Å². The number of non-ortho nitro benzene ring substituents is 1. The highest BCUT2D eigenvalue weighted by Gasteiger charge is 2.52. The first kappa shape index (κ1) is 19.1. The van der Waals surface area contributed by atoms with Gasteiger partial charge in [0, 0.05) is 23.3 Å². The van der Waals surface area contributed by atoms with E-state index in [1.165, 1.54) is 12.1 Å². The number of fused-ring (bicyclic) bond motifs is 1. The van der Waals surface area contributed by atoms with Crippen LogP contribution in [0.15, 0.2) is 12.1 Å². The Kier molecular flexibility index (Phi) is 4.82. The molecule has 0 radical (unpaired) electrons. The number of ether oxygens (including phenoxy) is 3. The Morgan fingerprint density at radius 1 is 1.31 bits per heavy atom. The van der Waals surface area contributed by atoms with Gasteiger partial charge in [0.1, 0.15) is 24.4 Å². The summed E-state index contributed by atoms with van der Waals surface area (Å²) in [4.78, 5) is 48.4. The summed E-state index contributed by atoms with van der Waals surface area (Å²) in [5.41, 5.74) is -0.283. The average molecular weight is 405 g/mol. The summed E-state index contributed by atoms with van der Waals surface area (Å²) in [6, 6.07) is 1.99. The number of carbonyl (C=O) groups excluding carboxylic acids is 3. The molecular weight excluding hydrogens is 386 g/mol.